The Hall–Kier alpha value is -2.90. The number of esters is 1. The van der Waals surface area contributed by atoms with Gasteiger partial charge in [0.15, 0.2) is 6.61 Å². The number of hydrogen-bond acceptors (Lipinski definition) is 6. The van der Waals surface area contributed by atoms with Gasteiger partial charge in [-0.25, -0.2) is 0 Å². The van der Waals surface area contributed by atoms with E-state index in [1.807, 2.05) is 0 Å². The third-order valence-corrected chi connectivity index (χ3v) is 6.30. The maximum Gasteiger partial charge on any atom is 0.308 e. The average molecular weight is 400 g/mol. The average Bonchev–Trinajstić information content (AvgIpc) is 3.40. The second kappa shape index (κ2) is 7.85. The summed E-state index contributed by atoms with van der Waals surface area (Å²) in [6.45, 7) is -0.439. The molecule has 0 unspecified atom stereocenters. The van der Waals surface area contributed by atoms with Crippen LogP contribution in [-0.2, 0) is 23.9 Å². The molecule has 2 saturated carbocycles. The van der Waals surface area contributed by atoms with Crippen molar-refractivity contribution in [3.05, 3.63) is 24.3 Å². The fourth-order valence-electron chi connectivity index (χ4n) is 5.05. The van der Waals surface area contributed by atoms with Crippen molar-refractivity contribution in [2.75, 3.05) is 25.6 Å². The summed E-state index contributed by atoms with van der Waals surface area (Å²) in [7, 11) is 1.49. The third-order valence-electron chi connectivity index (χ3n) is 6.30. The molecule has 3 fully saturated rings. The Bertz CT molecular complexity index is 825. The molecule has 1 aromatic carbocycles. The molecule has 2 bridgehead atoms. The summed E-state index contributed by atoms with van der Waals surface area (Å²) in [5.74, 6) is -0.661. The smallest absolute Gasteiger partial charge is 0.308 e. The number of carbonyl (C=O) groups is 4. The first-order valence-electron chi connectivity index (χ1n) is 9.93. The summed E-state index contributed by atoms with van der Waals surface area (Å²) in [6, 6.07) is 6.89. The number of likely N-dealkylation sites (tertiary alicyclic amines) is 1. The highest BCUT2D eigenvalue weighted by Gasteiger charge is 2.60. The summed E-state index contributed by atoms with van der Waals surface area (Å²) < 4.78 is 10.1. The van der Waals surface area contributed by atoms with Crippen LogP contribution in [0.2, 0.25) is 0 Å². The topological polar surface area (TPSA) is 102 Å². The Labute approximate surface area is 168 Å². The van der Waals surface area contributed by atoms with Crippen molar-refractivity contribution in [1.82, 2.24) is 4.90 Å². The molecule has 0 radical (unpaired) electrons. The molecular weight excluding hydrogens is 376 g/mol. The van der Waals surface area contributed by atoms with Gasteiger partial charge in [0, 0.05) is 6.54 Å². The zero-order valence-electron chi connectivity index (χ0n) is 16.3. The van der Waals surface area contributed by atoms with Crippen molar-refractivity contribution in [2.24, 2.45) is 23.7 Å². The van der Waals surface area contributed by atoms with Crippen molar-refractivity contribution in [3.8, 4) is 5.75 Å². The molecule has 1 aromatic rings. The van der Waals surface area contributed by atoms with Gasteiger partial charge in [-0.2, -0.15) is 0 Å². The van der Waals surface area contributed by atoms with Crippen LogP contribution in [0, 0.1) is 23.7 Å². The number of para-hydroxylation sites is 2. The number of amides is 3. The van der Waals surface area contributed by atoms with Crippen LogP contribution in [0.25, 0.3) is 0 Å². The summed E-state index contributed by atoms with van der Waals surface area (Å²) in [6.07, 6.45) is 2.89. The van der Waals surface area contributed by atoms with Crippen LogP contribution in [-0.4, -0.2) is 48.9 Å². The molecule has 1 N–H and O–H groups in total. The van der Waals surface area contributed by atoms with Crippen LogP contribution in [0.3, 0.4) is 0 Å². The molecule has 0 spiro atoms. The van der Waals surface area contributed by atoms with E-state index in [2.05, 4.69) is 5.32 Å². The Kier molecular flexibility index (Phi) is 5.25. The van der Waals surface area contributed by atoms with Crippen LogP contribution >= 0.6 is 0 Å². The van der Waals surface area contributed by atoms with Crippen molar-refractivity contribution in [2.45, 2.75) is 25.7 Å². The fourth-order valence-corrected chi connectivity index (χ4v) is 5.05. The maximum atomic E-state index is 12.6. The monoisotopic (exact) mass is 400 g/mol. The van der Waals surface area contributed by atoms with Crippen molar-refractivity contribution < 1.29 is 28.7 Å². The molecule has 2 aliphatic carbocycles. The van der Waals surface area contributed by atoms with Crippen molar-refractivity contribution >= 4 is 29.4 Å². The number of methoxy groups -OCH3 is 1. The minimum absolute atomic E-state index is 0.0110. The van der Waals surface area contributed by atoms with E-state index in [1.165, 1.54) is 12.0 Å². The van der Waals surface area contributed by atoms with Crippen LogP contribution in [0.15, 0.2) is 24.3 Å². The Balaban J connectivity index is 1.24. The predicted molar refractivity (Wildman–Crippen MR) is 102 cm³/mol. The van der Waals surface area contributed by atoms with Gasteiger partial charge in [-0.3, -0.25) is 24.1 Å². The number of imide groups is 1. The van der Waals surface area contributed by atoms with E-state index in [9.17, 15) is 19.2 Å². The largest absolute Gasteiger partial charge is 0.495 e. The first-order chi connectivity index (χ1) is 14.0. The van der Waals surface area contributed by atoms with E-state index >= 15 is 0 Å². The van der Waals surface area contributed by atoms with Gasteiger partial charge >= 0.3 is 5.97 Å². The van der Waals surface area contributed by atoms with Gasteiger partial charge in [0.25, 0.3) is 5.91 Å². The van der Waals surface area contributed by atoms with E-state index < -0.39 is 18.5 Å². The number of hydrogen-bond donors (Lipinski definition) is 1. The summed E-state index contributed by atoms with van der Waals surface area (Å²) in [5.41, 5.74) is 0.477. The van der Waals surface area contributed by atoms with E-state index in [0.717, 1.165) is 19.3 Å². The lowest BCUT2D eigenvalue weighted by Gasteiger charge is -2.19. The highest BCUT2D eigenvalue weighted by Crippen LogP contribution is 2.56. The van der Waals surface area contributed by atoms with E-state index in [0.29, 0.717) is 23.3 Å². The van der Waals surface area contributed by atoms with Crippen LogP contribution in [0.4, 0.5) is 5.69 Å². The number of nitrogens with one attached hydrogen (secondary N) is 1. The number of anilines is 1. The SMILES string of the molecule is COc1ccccc1NC(=O)COC(=O)CCN1C(=O)[C@@H]2[C@H]3CC[C@@H](C3)[C@H]2C1=O. The normalized spacial score (nSPS) is 27.1. The number of carbonyl (C=O) groups excluding carboxylic acids is 4. The van der Waals surface area contributed by atoms with E-state index in [4.69, 9.17) is 9.47 Å². The first kappa shape index (κ1) is 19.4. The van der Waals surface area contributed by atoms with E-state index in [1.54, 1.807) is 24.3 Å². The summed E-state index contributed by atoms with van der Waals surface area (Å²) in [4.78, 5) is 50.4. The molecule has 4 atom stereocenters. The second-order valence-electron chi connectivity index (χ2n) is 7.87. The number of rotatable bonds is 7. The molecule has 3 amide bonds. The zero-order valence-corrected chi connectivity index (χ0v) is 16.3. The molecule has 0 aromatic heterocycles. The lowest BCUT2D eigenvalue weighted by molar-refractivity contribution is -0.149. The Morgan fingerprint density at radius 2 is 1.76 bits per heavy atom. The second-order valence-corrected chi connectivity index (χ2v) is 7.87. The summed E-state index contributed by atoms with van der Waals surface area (Å²) in [5, 5.41) is 2.61. The lowest BCUT2D eigenvalue weighted by atomic mass is 9.81. The molecule has 8 nitrogen and oxygen atoms in total. The molecule has 1 saturated heterocycles. The van der Waals surface area contributed by atoms with Crippen LogP contribution < -0.4 is 10.1 Å². The molecule has 1 heterocycles. The van der Waals surface area contributed by atoms with Crippen LogP contribution in [0.5, 0.6) is 5.75 Å². The fraction of sp³-hybridized carbons (Fsp3) is 0.524. The molecule has 4 rings (SSSR count). The molecule has 29 heavy (non-hydrogen) atoms. The minimum atomic E-state index is -0.624. The molecule has 1 aliphatic heterocycles. The van der Waals surface area contributed by atoms with Crippen LogP contribution in [0.1, 0.15) is 25.7 Å². The highest BCUT2D eigenvalue weighted by atomic mass is 16.5. The number of nitrogens with zero attached hydrogens (tertiary/aromatic N) is 1. The quantitative estimate of drug-likeness (QED) is 0.551. The molecule has 3 aliphatic rings. The zero-order chi connectivity index (χ0) is 20.5. The standard InChI is InChI=1S/C21H24N2O6/c1-28-15-5-3-2-4-14(15)22-16(24)11-29-17(25)8-9-23-20(26)18-12-6-7-13(10-12)19(18)21(23)27/h2-5,12-13,18-19H,6-11H2,1H3,(H,22,24)/t12-,13-,18+,19+/m0/s1. The highest BCUT2D eigenvalue weighted by molar-refractivity contribution is 6.06. The third kappa shape index (κ3) is 3.59. The molecular formula is C21H24N2O6. The van der Waals surface area contributed by atoms with Gasteiger partial charge in [0.05, 0.1) is 31.1 Å². The Morgan fingerprint density at radius 1 is 1.10 bits per heavy atom. The van der Waals surface area contributed by atoms with Gasteiger partial charge < -0.3 is 14.8 Å². The molecule has 8 heteroatoms. The number of benzene rings is 1. The summed E-state index contributed by atoms with van der Waals surface area (Å²) >= 11 is 0. The Morgan fingerprint density at radius 3 is 2.41 bits per heavy atom. The van der Waals surface area contributed by atoms with Crippen molar-refractivity contribution in [3.63, 3.8) is 0 Å². The number of fused-ring (bicyclic) bond motifs is 5. The van der Waals surface area contributed by atoms with Gasteiger partial charge in [-0.05, 0) is 43.2 Å². The first-order valence-corrected chi connectivity index (χ1v) is 9.93. The van der Waals surface area contributed by atoms with Gasteiger partial charge in [0.2, 0.25) is 11.8 Å². The van der Waals surface area contributed by atoms with E-state index in [-0.39, 0.29) is 36.6 Å². The van der Waals surface area contributed by atoms with Gasteiger partial charge in [-0.15, -0.1) is 0 Å². The van der Waals surface area contributed by atoms with Crippen molar-refractivity contribution in [1.29, 1.82) is 0 Å². The predicted octanol–water partition coefficient (Wildman–Crippen LogP) is 1.60. The van der Waals surface area contributed by atoms with Gasteiger partial charge in [-0.1, -0.05) is 12.1 Å². The molecule has 154 valence electrons. The maximum absolute atomic E-state index is 12.6. The lowest BCUT2D eigenvalue weighted by Crippen LogP contribution is -2.35. The van der Waals surface area contributed by atoms with Gasteiger partial charge in [0.1, 0.15) is 5.75 Å². The minimum Gasteiger partial charge on any atom is -0.495 e. The number of ether oxygens (including phenoxy) is 2.